The largest absolute Gasteiger partial charge is 0.372 e. The van der Waals surface area contributed by atoms with Crippen LogP contribution >= 0.6 is 0 Å². The highest BCUT2D eigenvalue weighted by Gasteiger charge is 2.29. The average Bonchev–Trinajstić information content (AvgIpc) is 2.58. The van der Waals surface area contributed by atoms with Gasteiger partial charge in [0.15, 0.2) is 0 Å². The van der Waals surface area contributed by atoms with Crippen molar-refractivity contribution in [2.45, 2.75) is 5.97 Å². The fourth-order valence-electron chi connectivity index (χ4n) is 1.72. The molecule has 0 heterocycles. The number of hydrogen-bond donors (Lipinski definition) is 7. The molecule has 0 aliphatic rings. The van der Waals surface area contributed by atoms with Crippen molar-refractivity contribution < 1.29 is 19.3 Å². The Morgan fingerprint density at radius 2 is 1.08 bits per heavy atom. The van der Waals surface area contributed by atoms with E-state index in [1.54, 1.807) is 0 Å². The number of aliphatic hydroxyl groups is 1. The minimum Gasteiger partial charge on any atom is -0.372 e. The zero-order chi connectivity index (χ0) is 17.9. The van der Waals surface area contributed by atoms with Gasteiger partial charge in [0, 0.05) is 58.9 Å². The zero-order valence-electron chi connectivity index (χ0n) is 14.6. The predicted octanol–water partition coefficient (Wildman–Crippen LogP) is -3.67. The molecule has 0 aliphatic heterocycles. The molecule has 0 amide bonds. The highest BCUT2D eigenvalue weighted by atomic mass is 16.8. The lowest BCUT2D eigenvalue weighted by molar-refractivity contribution is -0.374. The second kappa shape index (κ2) is 17.4. The van der Waals surface area contributed by atoms with E-state index in [0.29, 0.717) is 59.0 Å². The molecule has 0 spiro atoms. The van der Waals surface area contributed by atoms with Gasteiger partial charge >= 0.3 is 5.97 Å². The second-order valence-corrected chi connectivity index (χ2v) is 5.08. The van der Waals surface area contributed by atoms with Crippen molar-refractivity contribution in [2.75, 3.05) is 85.3 Å². The summed E-state index contributed by atoms with van der Waals surface area (Å²) in [5.41, 5.74) is 16.2. The molecule has 0 unspecified atom stereocenters. The van der Waals surface area contributed by atoms with Crippen LogP contribution in [0, 0.1) is 0 Å². The van der Waals surface area contributed by atoms with Crippen LogP contribution in [0.3, 0.4) is 0 Å². The van der Waals surface area contributed by atoms with E-state index in [1.807, 2.05) is 0 Å². The Kier molecular flexibility index (Phi) is 17.1. The Labute approximate surface area is 144 Å². The normalized spacial score (nSPS) is 12.0. The van der Waals surface area contributed by atoms with Crippen LogP contribution in [0.2, 0.25) is 0 Å². The molecule has 0 atom stereocenters. The predicted molar refractivity (Wildman–Crippen MR) is 93.4 cm³/mol. The van der Waals surface area contributed by atoms with Gasteiger partial charge in [0.1, 0.15) is 6.61 Å². The Bertz CT molecular complexity index is 249. The third kappa shape index (κ3) is 15.1. The molecule has 10 heteroatoms. The van der Waals surface area contributed by atoms with E-state index in [4.69, 9.17) is 31.4 Å². The smallest absolute Gasteiger partial charge is 0.305 e. The first kappa shape index (κ1) is 23.6. The molecule has 0 radical (unpaired) electrons. The Balaban J connectivity index is 4.00. The van der Waals surface area contributed by atoms with Gasteiger partial charge in [-0.25, -0.2) is 0 Å². The summed E-state index contributed by atoms with van der Waals surface area (Å²) in [5.74, 6) is -1.78. The van der Waals surface area contributed by atoms with Crippen molar-refractivity contribution in [1.29, 1.82) is 0 Å². The van der Waals surface area contributed by atoms with E-state index in [9.17, 15) is 5.11 Å². The van der Waals surface area contributed by atoms with Crippen LogP contribution in [0.25, 0.3) is 0 Å². The first-order valence-corrected chi connectivity index (χ1v) is 8.49. The van der Waals surface area contributed by atoms with Crippen molar-refractivity contribution in [3.63, 3.8) is 0 Å². The number of nitrogens with two attached hydrogens (primary N) is 3. The summed E-state index contributed by atoms with van der Waals surface area (Å²) < 4.78 is 16.3. The average molecular weight is 352 g/mol. The molecule has 0 rings (SSSR count). The molecule has 0 bridgehead atoms. The zero-order valence-corrected chi connectivity index (χ0v) is 14.6. The lowest BCUT2D eigenvalue weighted by atomic mass is 10.5. The van der Waals surface area contributed by atoms with E-state index >= 15 is 0 Å². The van der Waals surface area contributed by atoms with Crippen LogP contribution in [-0.4, -0.2) is 96.4 Å². The fraction of sp³-hybridized carbons (Fsp3) is 1.00. The highest BCUT2D eigenvalue weighted by Crippen LogP contribution is 2.09. The first-order valence-electron chi connectivity index (χ1n) is 8.49. The fourth-order valence-corrected chi connectivity index (χ4v) is 1.72. The maximum absolute atomic E-state index is 10.4. The molecule has 0 saturated carbocycles. The van der Waals surface area contributed by atoms with Crippen LogP contribution in [0.15, 0.2) is 0 Å². The van der Waals surface area contributed by atoms with Gasteiger partial charge in [-0.1, -0.05) is 0 Å². The van der Waals surface area contributed by atoms with Crippen molar-refractivity contribution in [3.8, 4) is 0 Å². The number of ether oxygens (including phenoxy) is 3. The molecule has 0 aromatic heterocycles. The Morgan fingerprint density at radius 3 is 1.50 bits per heavy atom. The summed E-state index contributed by atoms with van der Waals surface area (Å²) >= 11 is 0. The number of rotatable bonds is 19. The third-order valence-electron chi connectivity index (χ3n) is 2.88. The SMILES string of the molecule is NCCNCCOCC(O)(OCCNCCN)OCCNCCN. The van der Waals surface area contributed by atoms with E-state index in [1.165, 1.54) is 0 Å². The summed E-state index contributed by atoms with van der Waals surface area (Å²) in [6.45, 7) is 6.44. The van der Waals surface area contributed by atoms with Gasteiger partial charge in [-0.15, -0.1) is 0 Å². The van der Waals surface area contributed by atoms with Crippen LogP contribution < -0.4 is 33.2 Å². The van der Waals surface area contributed by atoms with Gasteiger partial charge in [-0.3, -0.25) is 0 Å². The van der Waals surface area contributed by atoms with Gasteiger partial charge in [0.2, 0.25) is 0 Å². The molecular formula is C14H36N6O4. The number of nitrogens with one attached hydrogen (secondary N) is 3. The topological polar surface area (TPSA) is 162 Å². The van der Waals surface area contributed by atoms with E-state index < -0.39 is 5.97 Å². The molecule has 0 aromatic rings. The maximum Gasteiger partial charge on any atom is 0.305 e. The molecule has 0 aromatic carbocycles. The molecule has 146 valence electrons. The van der Waals surface area contributed by atoms with E-state index in [2.05, 4.69) is 16.0 Å². The first-order chi connectivity index (χ1) is 11.7. The molecule has 10 N–H and O–H groups in total. The standard InChI is InChI=1S/C14H36N6O4/c15-1-4-18-7-10-22-13-14(21,23-11-8-19-5-2-16)24-12-9-20-6-3-17/h18-21H,1-13,15-17H2. The van der Waals surface area contributed by atoms with Gasteiger partial charge in [-0.05, 0) is 0 Å². The van der Waals surface area contributed by atoms with E-state index in [-0.39, 0.29) is 19.8 Å². The second-order valence-electron chi connectivity index (χ2n) is 5.08. The quantitative estimate of drug-likeness (QED) is 0.0910. The molecular weight excluding hydrogens is 316 g/mol. The monoisotopic (exact) mass is 352 g/mol. The summed E-state index contributed by atoms with van der Waals surface area (Å²) in [6, 6.07) is 0. The summed E-state index contributed by atoms with van der Waals surface area (Å²) in [4.78, 5) is 0. The van der Waals surface area contributed by atoms with Gasteiger partial charge < -0.3 is 52.5 Å². The van der Waals surface area contributed by atoms with Gasteiger partial charge in [0.25, 0.3) is 0 Å². The molecule has 0 aliphatic carbocycles. The van der Waals surface area contributed by atoms with Crippen LogP contribution in [-0.2, 0) is 14.2 Å². The van der Waals surface area contributed by atoms with Crippen molar-refractivity contribution in [2.24, 2.45) is 17.2 Å². The van der Waals surface area contributed by atoms with Gasteiger partial charge in [0.05, 0.1) is 19.8 Å². The lowest BCUT2D eigenvalue weighted by Crippen LogP contribution is -2.44. The molecule has 24 heavy (non-hydrogen) atoms. The van der Waals surface area contributed by atoms with Crippen LogP contribution in [0.1, 0.15) is 0 Å². The van der Waals surface area contributed by atoms with Gasteiger partial charge in [-0.2, -0.15) is 0 Å². The summed E-state index contributed by atoms with van der Waals surface area (Å²) in [6.07, 6.45) is 0. The number of hydrogen-bond acceptors (Lipinski definition) is 10. The van der Waals surface area contributed by atoms with Crippen LogP contribution in [0.4, 0.5) is 0 Å². The minimum absolute atomic E-state index is 0.0783. The van der Waals surface area contributed by atoms with Crippen molar-refractivity contribution in [3.05, 3.63) is 0 Å². The summed E-state index contributed by atoms with van der Waals surface area (Å²) in [5, 5.41) is 19.7. The van der Waals surface area contributed by atoms with Crippen molar-refractivity contribution in [1.82, 2.24) is 16.0 Å². The Morgan fingerprint density at radius 1 is 0.667 bits per heavy atom. The van der Waals surface area contributed by atoms with E-state index in [0.717, 1.165) is 6.54 Å². The third-order valence-corrected chi connectivity index (χ3v) is 2.88. The molecule has 0 saturated heterocycles. The molecule has 10 nitrogen and oxygen atoms in total. The maximum atomic E-state index is 10.4. The van der Waals surface area contributed by atoms with Crippen molar-refractivity contribution >= 4 is 0 Å². The minimum atomic E-state index is -1.78. The molecule has 0 fully saturated rings. The summed E-state index contributed by atoms with van der Waals surface area (Å²) in [7, 11) is 0. The Hall–Kier alpha value is -0.400. The lowest BCUT2D eigenvalue weighted by Gasteiger charge is -2.28. The van der Waals surface area contributed by atoms with Crippen LogP contribution in [0.5, 0.6) is 0 Å². The highest BCUT2D eigenvalue weighted by molar-refractivity contribution is 4.57.